The monoisotopic (exact) mass is 257 g/mol. The van der Waals surface area contributed by atoms with Gasteiger partial charge in [0.1, 0.15) is 5.82 Å². The Kier molecular flexibility index (Phi) is 3.87. The molecule has 5 heteroatoms. The summed E-state index contributed by atoms with van der Waals surface area (Å²) in [5, 5.41) is 0. The van der Waals surface area contributed by atoms with Crippen LogP contribution >= 0.6 is 0 Å². The first-order valence-electron chi connectivity index (χ1n) is 5.58. The van der Waals surface area contributed by atoms with Crippen molar-refractivity contribution in [2.45, 2.75) is 0 Å². The van der Waals surface area contributed by atoms with Crippen molar-refractivity contribution in [1.82, 2.24) is 15.8 Å². The van der Waals surface area contributed by atoms with Gasteiger partial charge in [-0.05, 0) is 36.4 Å². The third kappa shape index (κ3) is 3.38. The lowest BCUT2D eigenvalue weighted by atomic mass is 10.2. The Bertz CT molecular complexity index is 581. The summed E-state index contributed by atoms with van der Waals surface area (Å²) in [6.07, 6.45) is 3.26. The highest BCUT2D eigenvalue weighted by molar-refractivity contribution is 5.94. The number of rotatable bonds is 4. The number of hydrogen-bond donors (Lipinski definition) is 2. The summed E-state index contributed by atoms with van der Waals surface area (Å²) in [7, 11) is 0. The first-order chi connectivity index (χ1) is 9.16. The quantitative estimate of drug-likeness (QED) is 0.825. The molecule has 0 aliphatic heterocycles. The van der Waals surface area contributed by atoms with E-state index in [-0.39, 0.29) is 11.7 Å². The molecule has 0 fully saturated rings. The average molecular weight is 257 g/mol. The average Bonchev–Trinajstić information content (AvgIpc) is 2.46. The molecule has 1 aromatic heterocycles. The first kappa shape index (κ1) is 12.8. The van der Waals surface area contributed by atoms with Gasteiger partial charge in [-0.25, -0.2) is 4.39 Å². The second-order valence-electron chi connectivity index (χ2n) is 3.80. The second-order valence-corrected chi connectivity index (χ2v) is 3.80. The molecule has 1 aromatic carbocycles. The lowest BCUT2D eigenvalue weighted by Crippen LogP contribution is -2.35. The number of carbonyl (C=O) groups is 1. The predicted octanol–water partition coefficient (Wildman–Crippen LogP) is 2.13. The third-order valence-electron chi connectivity index (χ3n) is 2.46. The zero-order chi connectivity index (χ0) is 13.7. The Hall–Kier alpha value is -2.69. The van der Waals surface area contributed by atoms with Crippen molar-refractivity contribution >= 4 is 11.6 Å². The maximum atomic E-state index is 12.7. The fraction of sp³-hybridized carbons (Fsp3) is 0. The van der Waals surface area contributed by atoms with Crippen molar-refractivity contribution in [3.05, 3.63) is 72.3 Å². The molecule has 2 N–H and O–H groups in total. The van der Waals surface area contributed by atoms with Crippen molar-refractivity contribution in [1.29, 1.82) is 0 Å². The van der Waals surface area contributed by atoms with Gasteiger partial charge in [0.2, 0.25) is 0 Å². The van der Waals surface area contributed by atoms with Gasteiger partial charge in [0.25, 0.3) is 5.91 Å². The lowest BCUT2D eigenvalue weighted by molar-refractivity contribution is 0.0942. The fourth-order valence-corrected chi connectivity index (χ4v) is 1.43. The summed E-state index contributed by atoms with van der Waals surface area (Å²) in [6, 6.07) is 8.79. The van der Waals surface area contributed by atoms with Gasteiger partial charge in [-0.1, -0.05) is 6.58 Å². The Morgan fingerprint density at radius 3 is 2.26 bits per heavy atom. The van der Waals surface area contributed by atoms with Crippen molar-refractivity contribution in [3.63, 3.8) is 0 Å². The number of carbonyl (C=O) groups excluding carboxylic acids is 1. The minimum Gasteiger partial charge on any atom is -0.298 e. The molecule has 0 bridgehead atoms. The minimum absolute atomic E-state index is 0.358. The Balaban J connectivity index is 1.94. The highest BCUT2D eigenvalue weighted by Gasteiger charge is 2.05. The van der Waals surface area contributed by atoms with Gasteiger partial charge in [-0.3, -0.25) is 20.6 Å². The lowest BCUT2D eigenvalue weighted by Gasteiger charge is -2.10. The van der Waals surface area contributed by atoms with Gasteiger partial charge in [0.15, 0.2) is 0 Å². The molecule has 0 unspecified atom stereocenters. The van der Waals surface area contributed by atoms with E-state index >= 15 is 0 Å². The van der Waals surface area contributed by atoms with Crippen LogP contribution in [0, 0.1) is 5.82 Å². The summed E-state index contributed by atoms with van der Waals surface area (Å²) in [6.45, 7) is 3.79. The number of pyridine rings is 1. The maximum absolute atomic E-state index is 12.7. The zero-order valence-corrected chi connectivity index (χ0v) is 10.1. The summed E-state index contributed by atoms with van der Waals surface area (Å²) in [5.74, 6) is -0.749. The zero-order valence-electron chi connectivity index (χ0n) is 10.1. The molecule has 19 heavy (non-hydrogen) atoms. The summed E-state index contributed by atoms with van der Waals surface area (Å²) < 4.78 is 12.7. The summed E-state index contributed by atoms with van der Waals surface area (Å²) in [4.78, 5) is 15.6. The number of nitrogens with zero attached hydrogens (tertiary/aromatic N) is 1. The number of aromatic nitrogens is 1. The molecule has 0 radical (unpaired) electrons. The molecular weight excluding hydrogens is 245 g/mol. The van der Waals surface area contributed by atoms with E-state index in [9.17, 15) is 9.18 Å². The minimum atomic E-state index is -0.384. The van der Waals surface area contributed by atoms with Crippen LogP contribution in [0.15, 0.2) is 55.4 Å². The van der Waals surface area contributed by atoms with Crippen LogP contribution in [0.25, 0.3) is 5.70 Å². The molecule has 0 saturated heterocycles. The molecule has 0 saturated carbocycles. The molecule has 0 atom stereocenters. The van der Waals surface area contributed by atoms with E-state index in [4.69, 9.17) is 0 Å². The fourth-order valence-electron chi connectivity index (χ4n) is 1.43. The van der Waals surface area contributed by atoms with Crippen molar-refractivity contribution in [3.8, 4) is 0 Å². The summed E-state index contributed by atoms with van der Waals surface area (Å²) >= 11 is 0. The third-order valence-corrected chi connectivity index (χ3v) is 2.46. The molecule has 2 rings (SSSR count). The van der Waals surface area contributed by atoms with E-state index in [0.717, 1.165) is 5.56 Å². The van der Waals surface area contributed by atoms with Crippen LogP contribution in [0.4, 0.5) is 4.39 Å². The molecule has 4 nitrogen and oxygen atoms in total. The molecule has 0 spiro atoms. The highest BCUT2D eigenvalue weighted by atomic mass is 19.1. The molecule has 2 aromatic rings. The molecule has 96 valence electrons. The highest BCUT2D eigenvalue weighted by Crippen LogP contribution is 2.06. The Labute approximate surface area is 110 Å². The van der Waals surface area contributed by atoms with E-state index < -0.39 is 0 Å². The van der Waals surface area contributed by atoms with Crippen LogP contribution in [-0.2, 0) is 0 Å². The number of amides is 1. The smallest absolute Gasteiger partial charge is 0.269 e. The standard InChI is InChI=1S/C14H12FN3O/c1-10(11-6-8-16-9-7-11)17-18-14(19)12-2-4-13(15)5-3-12/h2-9,17H,1H2,(H,18,19). The van der Waals surface area contributed by atoms with Gasteiger partial charge in [-0.2, -0.15) is 0 Å². The van der Waals surface area contributed by atoms with Crippen LogP contribution in [0.1, 0.15) is 15.9 Å². The van der Waals surface area contributed by atoms with E-state index in [2.05, 4.69) is 22.4 Å². The summed E-state index contributed by atoms with van der Waals surface area (Å²) in [5.41, 5.74) is 6.89. The molecule has 0 aliphatic rings. The van der Waals surface area contributed by atoms with Gasteiger partial charge in [0.05, 0.1) is 5.70 Å². The second kappa shape index (κ2) is 5.77. The van der Waals surface area contributed by atoms with Crippen LogP contribution < -0.4 is 10.9 Å². The van der Waals surface area contributed by atoms with Crippen molar-refractivity contribution < 1.29 is 9.18 Å². The first-order valence-corrected chi connectivity index (χ1v) is 5.58. The number of nitrogens with one attached hydrogen (secondary N) is 2. The van der Waals surface area contributed by atoms with Crippen LogP contribution in [-0.4, -0.2) is 10.9 Å². The van der Waals surface area contributed by atoms with E-state index in [0.29, 0.717) is 11.3 Å². The predicted molar refractivity (Wildman–Crippen MR) is 70.3 cm³/mol. The topological polar surface area (TPSA) is 54.0 Å². The number of hydrogen-bond acceptors (Lipinski definition) is 3. The number of benzene rings is 1. The molecule has 0 aliphatic carbocycles. The normalized spacial score (nSPS) is 9.74. The number of hydrazine groups is 1. The van der Waals surface area contributed by atoms with E-state index in [1.165, 1.54) is 24.3 Å². The van der Waals surface area contributed by atoms with Gasteiger partial charge in [-0.15, -0.1) is 0 Å². The molecular formula is C14H12FN3O. The number of halogens is 1. The van der Waals surface area contributed by atoms with E-state index in [1.807, 2.05) is 0 Å². The Morgan fingerprint density at radius 1 is 1.00 bits per heavy atom. The van der Waals surface area contributed by atoms with Gasteiger partial charge >= 0.3 is 0 Å². The molecule has 1 amide bonds. The van der Waals surface area contributed by atoms with Crippen LogP contribution in [0.2, 0.25) is 0 Å². The molecule has 1 heterocycles. The van der Waals surface area contributed by atoms with Gasteiger partial charge in [0, 0.05) is 23.5 Å². The van der Waals surface area contributed by atoms with Crippen LogP contribution in [0.5, 0.6) is 0 Å². The maximum Gasteiger partial charge on any atom is 0.269 e. The van der Waals surface area contributed by atoms with Crippen molar-refractivity contribution in [2.75, 3.05) is 0 Å². The van der Waals surface area contributed by atoms with E-state index in [1.54, 1.807) is 24.5 Å². The SMILES string of the molecule is C=C(NNC(=O)c1ccc(F)cc1)c1ccncc1. The largest absolute Gasteiger partial charge is 0.298 e. The van der Waals surface area contributed by atoms with Gasteiger partial charge < -0.3 is 0 Å². The Morgan fingerprint density at radius 2 is 1.63 bits per heavy atom. The van der Waals surface area contributed by atoms with Crippen LogP contribution in [0.3, 0.4) is 0 Å². The van der Waals surface area contributed by atoms with Crippen molar-refractivity contribution in [2.24, 2.45) is 0 Å².